The van der Waals surface area contributed by atoms with Crippen LogP contribution in [0, 0.1) is 10.1 Å². The van der Waals surface area contributed by atoms with Crippen LogP contribution in [0.3, 0.4) is 0 Å². The minimum Gasteiger partial charge on any atom is -0.258 e. The second-order valence-electron chi connectivity index (χ2n) is 5.04. The molecule has 0 radical (unpaired) electrons. The third kappa shape index (κ3) is 1.09. The van der Waals surface area contributed by atoms with E-state index in [4.69, 9.17) is 0 Å². The first kappa shape index (κ1) is 9.83. The molecule has 2 atom stereocenters. The molecule has 2 unspecified atom stereocenters. The number of non-ortho nitro benzene ring substituents is 1. The van der Waals surface area contributed by atoms with Gasteiger partial charge >= 0.3 is 0 Å². The molecule has 0 saturated carbocycles. The topological polar surface area (TPSA) is 43.1 Å². The Labute approximate surface area is 104 Å². The average Bonchev–Trinajstić information content (AvgIpc) is 2.95. The lowest BCUT2D eigenvalue weighted by Gasteiger charge is -2.18. The molecule has 0 fully saturated rings. The van der Waals surface area contributed by atoms with Gasteiger partial charge in [-0.1, -0.05) is 30.3 Å². The molecule has 3 nitrogen and oxygen atoms in total. The van der Waals surface area contributed by atoms with E-state index in [9.17, 15) is 10.1 Å². The number of nitro groups is 1. The van der Waals surface area contributed by atoms with Gasteiger partial charge in [0.15, 0.2) is 0 Å². The summed E-state index contributed by atoms with van der Waals surface area (Å²) in [6.45, 7) is 0. The van der Waals surface area contributed by atoms with Crippen LogP contribution in [0.5, 0.6) is 0 Å². The summed E-state index contributed by atoms with van der Waals surface area (Å²) < 4.78 is 0. The molecule has 2 aromatic carbocycles. The summed E-state index contributed by atoms with van der Waals surface area (Å²) in [6.07, 6.45) is 1.08. The van der Waals surface area contributed by atoms with E-state index in [0.717, 1.165) is 12.0 Å². The van der Waals surface area contributed by atoms with Crippen molar-refractivity contribution in [1.29, 1.82) is 0 Å². The second-order valence-corrected chi connectivity index (χ2v) is 5.04. The second kappa shape index (κ2) is 3.19. The Morgan fingerprint density at radius 1 is 0.944 bits per heavy atom. The fraction of sp³-hybridized carbons (Fsp3) is 0.200. The van der Waals surface area contributed by atoms with Crippen molar-refractivity contribution in [2.45, 2.75) is 18.3 Å². The van der Waals surface area contributed by atoms with E-state index in [2.05, 4.69) is 24.3 Å². The number of nitro benzene ring substituents is 1. The molecule has 0 spiro atoms. The molecule has 2 aliphatic rings. The summed E-state index contributed by atoms with van der Waals surface area (Å²) in [5.74, 6) is 0.808. The van der Waals surface area contributed by atoms with Gasteiger partial charge in [0.2, 0.25) is 0 Å². The molecule has 2 bridgehead atoms. The van der Waals surface area contributed by atoms with Crippen LogP contribution >= 0.6 is 0 Å². The van der Waals surface area contributed by atoms with E-state index in [1.165, 1.54) is 16.7 Å². The van der Waals surface area contributed by atoms with Crippen LogP contribution in [-0.4, -0.2) is 4.92 Å². The van der Waals surface area contributed by atoms with Crippen LogP contribution in [0.1, 0.15) is 40.5 Å². The van der Waals surface area contributed by atoms with Gasteiger partial charge in [0.25, 0.3) is 5.69 Å². The van der Waals surface area contributed by atoms with E-state index in [1.54, 1.807) is 12.1 Å². The quantitative estimate of drug-likeness (QED) is 0.562. The predicted octanol–water partition coefficient (Wildman–Crippen LogP) is 3.58. The van der Waals surface area contributed by atoms with Crippen molar-refractivity contribution in [2.75, 3.05) is 0 Å². The monoisotopic (exact) mass is 237 g/mol. The Kier molecular flexibility index (Phi) is 1.74. The van der Waals surface area contributed by atoms with Crippen LogP contribution in [-0.2, 0) is 0 Å². The fourth-order valence-electron chi connectivity index (χ4n) is 3.52. The highest BCUT2D eigenvalue weighted by molar-refractivity contribution is 5.60. The van der Waals surface area contributed by atoms with E-state index >= 15 is 0 Å². The Morgan fingerprint density at radius 2 is 1.56 bits per heavy atom. The Morgan fingerprint density at radius 3 is 2.22 bits per heavy atom. The fourth-order valence-corrected chi connectivity index (χ4v) is 3.52. The number of nitrogens with zero attached hydrogens (tertiary/aromatic N) is 1. The number of fused-ring (bicyclic) bond motifs is 8. The summed E-state index contributed by atoms with van der Waals surface area (Å²) in [5.41, 5.74) is 5.41. The van der Waals surface area contributed by atoms with Crippen LogP contribution in [0.15, 0.2) is 42.5 Å². The standard InChI is InChI=1S/C15H11NO2/c17-16(18)9-5-6-12-13(7-9)15-8-14(12)10-3-1-2-4-11(10)15/h1-7,14-15H,8H2. The largest absolute Gasteiger partial charge is 0.269 e. The van der Waals surface area contributed by atoms with E-state index in [1.807, 2.05) is 6.07 Å². The first-order valence-corrected chi connectivity index (χ1v) is 6.13. The Bertz CT molecular complexity index is 678. The van der Waals surface area contributed by atoms with Gasteiger partial charge in [0.1, 0.15) is 0 Å². The summed E-state index contributed by atoms with van der Waals surface area (Å²) in [6, 6.07) is 13.8. The molecule has 88 valence electrons. The molecule has 4 rings (SSSR count). The molecule has 0 aromatic heterocycles. The lowest BCUT2D eigenvalue weighted by molar-refractivity contribution is -0.384. The predicted molar refractivity (Wildman–Crippen MR) is 67.8 cm³/mol. The minimum absolute atomic E-state index is 0.207. The highest BCUT2D eigenvalue weighted by Crippen LogP contribution is 2.56. The normalized spacial score (nSPS) is 22.7. The lowest BCUT2D eigenvalue weighted by atomic mass is 9.86. The molecule has 0 amide bonds. The Balaban J connectivity index is 1.92. The highest BCUT2D eigenvalue weighted by Gasteiger charge is 2.41. The molecule has 0 heterocycles. The number of hydrogen-bond donors (Lipinski definition) is 0. The van der Waals surface area contributed by atoms with Crippen molar-refractivity contribution < 1.29 is 4.92 Å². The van der Waals surface area contributed by atoms with Crippen LogP contribution in [0.25, 0.3) is 0 Å². The highest BCUT2D eigenvalue weighted by atomic mass is 16.6. The summed E-state index contributed by atoms with van der Waals surface area (Å²) in [4.78, 5) is 10.6. The van der Waals surface area contributed by atoms with Gasteiger partial charge < -0.3 is 0 Å². The SMILES string of the molecule is O=[N+]([O-])c1ccc2c(c1)C1CC2c2ccccc21. The molecule has 0 N–H and O–H groups in total. The molecule has 2 aromatic rings. The van der Waals surface area contributed by atoms with Crippen LogP contribution in [0.4, 0.5) is 5.69 Å². The first-order valence-electron chi connectivity index (χ1n) is 6.13. The van der Waals surface area contributed by atoms with Crippen molar-refractivity contribution in [3.05, 3.63) is 74.8 Å². The molecular formula is C15H11NO2. The third-order valence-corrected chi connectivity index (χ3v) is 4.25. The third-order valence-electron chi connectivity index (χ3n) is 4.25. The lowest BCUT2D eigenvalue weighted by Crippen LogP contribution is -2.03. The molecule has 0 aliphatic heterocycles. The van der Waals surface area contributed by atoms with E-state index in [0.29, 0.717) is 11.8 Å². The maximum atomic E-state index is 10.9. The van der Waals surface area contributed by atoms with Crippen molar-refractivity contribution in [3.8, 4) is 0 Å². The van der Waals surface area contributed by atoms with Crippen molar-refractivity contribution in [3.63, 3.8) is 0 Å². The van der Waals surface area contributed by atoms with Gasteiger partial charge in [-0.2, -0.15) is 0 Å². The molecule has 0 saturated heterocycles. The minimum atomic E-state index is -0.307. The zero-order valence-electron chi connectivity index (χ0n) is 9.67. The number of hydrogen-bond acceptors (Lipinski definition) is 2. The average molecular weight is 237 g/mol. The number of benzene rings is 2. The first-order chi connectivity index (χ1) is 8.75. The van der Waals surface area contributed by atoms with Crippen LogP contribution in [0.2, 0.25) is 0 Å². The van der Waals surface area contributed by atoms with Gasteiger partial charge in [-0.3, -0.25) is 10.1 Å². The molecule has 18 heavy (non-hydrogen) atoms. The maximum absolute atomic E-state index is 10.9. The summed E-state index contributed by atoms with van der Waals surface area (Å²) >= 11 is 0. The molecule has 3 heteroatoms. The van der Waals surface area contributed by atoms with E-state index in [-0.39, 0.29) is 10.6 Å². The van der Waals surface area contributed by atoms with Crippen LogP contribution < -0.4 is 0 Å². The zero-order valence-corrected chi connectivity index (χ0v) is 9.67. The summed E-state index contributed by atoms with van der Waals surface area (Å²) in [5, 5.41) is 10.9. The van der Waals surface area contributed by atoms with Gasteiger partial charge in [0, 0.05) is 24.0 Å². The summed E-state index contributed by atoms with van der Waals surface area (Å²) in [7, 11) is 0. The maximum Gasteiger partial charge on any atom is 0.269 e. The van der Waals surface area contributed by atoms with Crippen molar-refractivity contribution >= 4 is 5.69 Å². The van der Waals surface area contributed by atoms with Crippen molar-refractivity contribution in [1.82, 2.24) is 0 Å². The molecule has 2 aliphatic carbocycles. The van der Waals surface area contributed by atoms with Gasteiger partial charge in [0.05, 0.1) is 4.92 Å². The van der Waals surface area contributed by atoms with Gasteiger partial charge in [-0.05, 0) is 28.7 Å². The van der Waals surface area contributed by atoms with Gasteiger partial charge in [-0.15, -0.1) is 0 Å². The number of rotatable bonds is 1. The smallest absolute Gasteiger partial charge is 0.258 e. The van der Waals surface area contributed by atoms with E-state index < -0.39 is 0 Å². The Hall–Kier alpha value is -2.16. The van der Waals surface area contributed by atoms with Crippen molar-refractivity contribution in [2.24, 2.45) is 0 Å². The van der Waals surface area contributed by atoms with Gasteiger partial charge in [-0.25, -0.2) is 0 Å². The molecular weight excluding hydrogens is 226 g/mol. The zero-order chi connectivity index (χ0) is 12.3.